The van der Waals surface area contributed by atoms with E-state index in [1.54, 1.807) is 0 Å². The van der Waals surface area contributed by atoms with Crippen LogP contribution in [-0.2, 0) is 0 Å². The van der Waals surface area contributed by atoms with Crippen molar-refractivity contribution >= 4 is 51.0 Å². The first-order valence-electron chi connectivity index (χ1n) is 6.00. The Hall–Kier alpha value is -0.877. The molecular weight excluding hydrogens is 496 g/mol. The van der Waals surface area contributed by atoms with Gasteiger partial charge in [-0.15, -0.1) is 24.8 Å². The molecule has 0 radical (unpaired) electrons. The molecule has 114 valence electrons. The Kier molecular flexibility index (Phi) is 25.6. The van der Waals surface area contributed by atoms with E-state index in [0.29, 0.717) is 0 Å². The normalized spacial score (nSPS) is 6.86. The average Bonchev–Trinajstić information content (AvgIpc) is 2.54. The molecule has 0 aliphatic heterocycles. The molecule has 0 aliphatic rings. The first-order chi connectivity index (χ1) is 9.00. The molecule has 0 aromatic heterocycles. The van der Waals surface area contributed by atoms with Gasteiger partial charge in [-0.2, -0.15) is 0 Å². The molecule has 0 saturated carbocycles. The van der Waals surface area contributed by atoms with E-state index in [-0.39, 0.29) is 51.0 Å². The zero-order valence-corrected chi connectivity index (χ0v) is 19.0. The summed E-state index contributed by atoms with van der Waals surface area (Å²) in [6.07, 6.45) is 0. The van der Waals surface area contributed by atoms with Crippen LogP contribution in [0.25, 0.3) is 0 Å². The van der Waals surface area contributed by atoms with Gasteiger partial charge in [-0.25, -0.2) is 0 Å². The molecule has 0 heterocycles. The topological polar surface area (TPSA) is 0 Å². The fourth-order valence-corrected chi connectivity index (χ4v) is 1.15. The van der Waals surface area contributed by atoms with Crippen LogP contribution in [0.15, 0.2) is 109 Å². The van der Waals surface area contributed by atoms with Crippen molar-refractivity contribution in [2.75, 3.05) is 0 Å². The maximum atomic E-state index is 2.00. The van der Waals surface area contributed by atoms with Gasteiger partial charge in [-0.1, -0.05) is 109 Å². The van der Waals surface area contributed by atoms with Crippen molar-refractivity contribution in [2.24, 2.45) is 0 Å². The van der Waals surface area contributed by atoms with Crippen LogP contribution in [0.3, 0.4) is 0 Å². The van der Waals surface area contributed by atoms with Gasteiger partial charge in [0.15, 0.2) is 0 Å². The van der Waals surface area contributed by atoms with E-state index in [4.69, 9.17) is 0 Å². The van der Waals surface area contributed by atoms with Crippen LogP contribution in [0.5, 0.6) is 0 Å². The van der Waals surface area contributed by atoms with Crippen LogP contribution in [0.4, 0.5) is 0 Å². The van der Waals surface area contributed by atoms with Crippen molar-refractivity contribution < 1.29 is 0 Å². The fourth-order valence-electron chi connectivity index (χ4n) is 1.15. The number of rotatable bonds is 0. The summed E-state index contributed by atoms with van der Waals surface area (Å²) in [4.78, 5) is 0. The Bertz CT molecular complexity index is 306. The summed E-state index contributed by atoms with van der Waals surface area (Å²) in [6, 6.07) is 36.0. The summed E-state index contributed by atoms with van der Waals surface area (Å²) in [5, 5.41) is 0. The SMILES string of the molecule is Cl.Cl.[BiH3].c1ccccc1.c1ccccc1.c1ccccc1. The molecular formula is C18H23BiCl2. The Balaban J connectivity index is -0.000000216. The maximum Gasteiger partial charge on any atom is -0.0623 e. The average molecular weight is 519 g/mol. The third-order valence-corrected chi connectivity index (χ3v) is 2.00. The summed E-state index contributed by atoms with van der Waals surface area (Å²) >= 11 is 0. The minimum atomic E-state index is 0. The predicted octanol–water partition coefficient (Wildman–Crippen LogP) is 4.72. The first-order valence-corrected chi connectivity index (χ1v) is 6.00. The number of hydrogen-bond acceptors (Lipinski definition) is 0. The van der Waals surface area contributed by atoms with Crippen molar-refractivity contribution in [1.29, 1.82) is 0 Å². The Labute approximate surface area is 159 Å². The van der Waals surface area contributed by atoms with Gasteiger partial charge < -0.3 is 0 Å². The van der Waals surface area contributed by atoms with Crippen LogP contribution in [-0.4, -0.2) is 26.2 Å². The third-order valence-electron chi connectivity index (χ3n) is 2.00. The molecule has 0 atom stereocenters. The molecule has 0 saturated heterocycles. The molecule has 0 nitrogen and oxygen atoms in total. The van der Waals surface area contributed by atoms with Crippen LogP contribution in [0.1, 0.15) is 0 Å². The minimum absolute atomic E-state index is 0. The molecule has 3 aromatic carbocycles. The Morgan fingerprint density at radius 3 is 0.286 bits per heavy atom. The van der Waals surface area contributed by atoms with Gasteiger partial charge in [-0.05, 0) is 0 Å². The van der Waals surface area contributed by atoms with Crippen LogP contribution < -0.4 is 0 Å². The summed E-state index contributed by atoms with van der Waals surface area (Å²) in [5.41, 5.74) is 0. The number of hydrogen-bond donors (Lipinski definition) is 0. The van der Waals surface area contributed by atoms with Crippen molar-refractivity contribution in [3.05, 3.63) is 109 Å². The summed E-state index contributed by atoms with van der Waals surface area (Å²) in [7, 11) is 0. The molecule has 3 aromatic rings. The fraction of sp³-hybridized carbons (Fsp3) is 0. The monoisotopic (exact) mass is 518 g/mol. The zero-order valence-electron chi connectivity index (χ0n) is 11.9. The minimum Gasteiger partial charge on any atom is -0.0623 e. The first kappa shape index (κ1) is 25.1. The molecule has 0 N–H and O–H groups in total. The Morgan fingerprint density at radius 1 is 0.190 bits per heavy atom. The predicted molar refractivity (Wildman–Crippen MR) is 104 cm³/mol. The largest absolute Gasteiger partial charge is 0.0623 e. The summed E-state index contributed by atoms with van der Waals surface area (Å²) in [5.74, 6) is 0. The standard InChI is InChI=1S/3C6H6.Bi.2ClH.3H/c3*1-2-4-6-5-3-1;;;;;;/h3*1-6H;;2*1H;;;. The van der Waals surface area contributed by atoms with E-state index in [1.165, 1.54) is 0 Å². The second-order valence-electron chi connectivity index (χ2n) is 3.46. The summed E-state index contributed by atoms with van der Waals surface area (Å²) in [6.45, 7) is 0. The van der Waals surface area contributed by atoms with Gasteiger partial charge in [0.1, 0.15) is 0 Å². The molecule has 0 unspecified atom stereocenters. The van der Waals surface area contributed by atoms with E-state index in [0.717, 1.165) is 0 Å². The van der Waals surface area contributed by atoms with Crippen LogP contribution >= 0.6 is 24.8 Å². The van der Waals surface area contributed by atoms with Crippen molar-refractivity contribution in [2.45, 2.75) is 0 Å². The van der Waals surface area contributed by atoms with Gasteiger partial charge in [0, 0.05) is 0 Å². The van der Waals surface area contributed by atoms with Crippen LogP contribution in [0.2, 0.25) is 0 Å². The van der Waals surface area contributed by atoms with Gasteiger partial charge in [0.25, 0.3) is 0 Å². The van der Waals surface area contributed by atoms with E-state index in [2.05, 4.69) is 0 Å². The van der Waals surface area contributed by atoms with E-state index >= 15 is 0 Å². The number of halogens is 2. The molecule has 3 heteroatoms. The second kappa shape index (κ2) is 21.4. The maximum absolute atomic E-state index is 2.00. The molecule has 0 fully saturated rings. The van der Waals surface area contributed by atoms with E-state index < -0.39 is 0 Å². The van der Waals surface area contributed by atoms with E-state index in [1.807, 2.05) is 109 Å². The third kappa shape index (κ3) is 19.1. The molecule has 0 spiro atoms. The van der Waals surface area contributed by atoms with Crippen LogP contribution in [0, 0.1) is 0 Å². The van der Waals surface area contributed by atoms with Crippen molar-refractivity contribution in [3.63, 3.8) is 0 Å². The summed E-state index contributed by atoms with van der Waals surface area (Å²) < 4.78 is 0. The molecule has 21 heavy (non-hydrogen) atoms. The van der Waals surface area contributed by atoms with Crippen molar-refractivity contribution in [1.82, 2.24) is 0 Å². The molecule has 3 rings (SSSR count). The number of benzene rings is 3. The van der Waals surface area contributed by atoms with Gasteiger partial charge in [-0.3, -0.25) is 0 Å². The smallest absolute Gasteiger partial charge is 0.0623 e. The Morgan fingerprint density at radius 2 is 0.238 bits per heavy atom. The van der Waals surface area contributed by atoms with E-state index in [9.17, 15) is 0 Å². The molecule has 0 amide bonds. The van der Waals surface area contributed by atoms with Gasteiger partial charge in [0.05, 0.1) is 0 Å². The van der Waals surface area contributed by atoms with Gasteiger partial charge in [0.2, 0.25) is 0 Å². The molecule has 0 aliphatic carbocycles. The van der Waals surface area contributed by atoms with Crippen molar-refractivity contribution in [3.8, 4) is 0 Å². The second-order valence-corrected chi connectivity index (χ2v) is 3.46. The molecule has 0 bridgehead atoms. The zero-order chi connectivity index (χ0) is 12.7. The quantitative estimate of drug-likeness (QED) is 0.378. The van der Waals surface area contributed by atoms with Gasteiger partial charge >= 0.3 is 26.2 Å².